The molecule has 0 saturated carbocycles. The van der Waals surface area contributed by atoms with E-state index in [0.29, 0.717) is 18.2 Å². The fourth-order valence-electron chi connectivity index (χ4n) is 1.87. The molecule has 3 nitrogen and oxygen atoms in total. The summed E-state index contributed by atoms with van der Waals surface area (Å²) < 4.78 is 104. The standard InChI is InChI=1S/C14H8ClF6NO2S/c15-9-2-1-7(5-8(9)14(19,20)21)6-22-25(23,24)11-4-3-10(16)12(17)13(11)18/h1-5,22H,6H2. The number of sulfonamides is 1. The molecular formula is C14H8ClF6NO2S. The van der Waals surface area contributed by atoms with Crippen LogP contribution in [0.5, 0.6) is 0 Å². The van der Waals surface area contributed by atoms with Gasteiger partial charge in [-0.2, -0.15) is 13.2 Å². The molecule has 0 unspecified atom stereocenters. The highest BCUT2D eigenvalue weighted by atomic mass is 35.5. The van der Waals surface area contributed by atoms with Crippen LogP contribution in [0, 0.1) is 17.5 Å². The minimum absolute atomic E-state index is 0.122. The summed E-state index contributed by atoms with van der Waals surface area (Å²) in [4.78, 5) is -1.17. The first kappa shape index (κ1) is 19.5. The third-order valence-electron chi connectivity index (χ3n) is 3.09. The van der Waals surface area contributed by atoms with Crippen LogP contribution in [-0.4, -0.2) is 8.42 Å². The number of rotatable bonds is 4. The number of halogens is 7. The summed E-state index contributed by atoms with van der Waals surface area (Å²) in [6.07, 6.45) is -4.75. The van der Waals surface area contributed by atoms with Gasteiger partial charge in [-0.05, 0) is 29.8 Å². The molecular weight excluding hydrogens is 396 g/mol. The summed E-state index contributed by atoms with van der Waals surface area (Å²) in [7, 11) is -4.63. The van der Waals surface area contributed by atoms with E-state index in [4.69, 9.17) is 11.6 Å². The second-order valence-electron chi connectivity index (χ2n) is 4.81. The lowest BCUT2D eigenvalue weighted by atomic mass is 10.1. The van der Waals surface area contributed by atoms with Gasteiger partial charge in [0.05, 0.1) is 10.6 Å². The highest BCUT2D eigenvalue weighted by Crippen LogP contribution is 2.35. The van der Waals surface area contributed by atoms with Crippen molar-refractivity contribution >= 4 is 21.6 Å². The second-order valence-corrected chi connectivity index (χ2v) is 6.95. The van der Waals surface area contributed by atoms with Crippen LogP contribution in [-0.2, 0) is 22.7 Å². The fraction of sp³-hybridized carbons (Fsp3) is 0.143. The molecule has 0 atom stereocenters. The molecule has 0 aliphatic rings. The third-order valence-corrected chi connectivity index (χ3v) is 4.84. The molecule has 0 heterocycles. The van der Waals surface area contributed by atoms with Crippen LogP contribution in [0.25, 0.3) is 0 Å². The first-order chi connectivity index (χ1) is 11.4. The Balaban J connectivity index is 2.28. The van der Waals surface area contributed by atoms with E-state index in [0.717, 1.165) is 12.1 Å². The van der Waals surface area contributed by atoms with Gasteiger partial charge in [0, 0.05) is 6.54 Å². The van der Waals surface area contributed by atoms with Crippen molar-refractivity contribution in [1.82, 2.24) is 4.72 Å². The summed E-state index contributed by atoms with van der Waals surface area (Å²) in [5.74, 6) is -5.49. The summed E-state index contributed by atoms with van der Waals surface area (Å²) in [6.45, 7) is -0.652. The molecule has 136 valence electrons. The molecule has 0 aliphatic carbocycles. The first-order valence-corrected chi connectivity index (χ1v) is 8.28. The predicted molar refractivity (Wildman–Crippen MR) is 76.8 cm³/mol. The van der Waals surface area contributed by atoms with Gasteiger partial charge in [-0.3, -0.25) is 0 Å². The number of benzene rings is 2. The lowest BCUT2D eigenvalue weighted by Gasteiger charge is -2.12. The van der Waals surface area contributed by atoms with Crippen molar-refractivity contribution in [3.63, 3.8) is 0 Å². The van der Waals surface area contributed by atoms with Crippen LogP contribution >= 0.6 is 11.6 Å². The van der Waals surface area contributed by atoms with Gasteiger partial charge in [-0.1, -0.05) is 17.7 Å². The zero-order valence-corrected chi connectivity index (χ0v) is 13.5. The Labute approximate surface area is 143 Å². The van der Waals surface area contributed by atoms with Gasteiger partial charge in [0.15, 0.2) is 17.5 Å². The summed E-state index contributed by atoms with van der Waals surface area (Å²) in [6, 6.07) is 3.58. The number of hydrogen-bond acceptors (Lipinski definition) is 2. The molecule has 2 aromatic carbocycles. The van der Waals surface area contributed by atoms with Crippen LogP contribution in [0.4, 0.5) is 26.3 Å². The molecule has 0 bridgehead atoms. The van der Waals surface area contributed by atoms with Gasteiger partial charge >= 0.3 is 6.18 Å². The summed E-state index contributed by atoms with van der Waals surface area (Å²) in [5, 5.41) is -0.578. The van der Waals surface area contributed by atoms with E-state index in [9.17, 15) is 34.8 Å². The van der Waals surface area contributed by atoms with Gasteiger partial charge in [0.25, 0.3) is 0 Å². The average molecular weight is 404 g/mol. The molecule has 25 heavy (non-hydrogen) atoms. The Kier molecular flexibility index (Phi) is 5.35. The maximum absolute atomic E-state index is 13.6. The van der Waals surface area contributed by atoms with E-state index in [2.05, 4.69) is 0 Å². The van der Waals surface area contributed by atoms with Gasteiger partial charge in [-0.25, -0.2) is 26.3 Å². The van der Waals surface area contributed by atoms with Crippen LogP contribution in [0.15, 0.2) is 35.2 Å². The van der Waals surface area contributed by atoms with Crippen LogP contribution < -0.4 is 4.72 Å². The van der Waals surface area contributed by atoms with Crippen molar-refractivity contribution < 1.29 is 34.8 Å². The van der Waals surface area contributed by atoms with E-state index >= 15 is 0 Å². The maximum Gasteiger partial charge on any atom is 0.417 e. The Morgan fingerprint density at radius 1 is 1.00 bits per heavy atom. The van der Waals surface area contributed by atoms with Gasteiger partial charge < -0.3 is 0 Å². The monoisotopic (exact) mass is 403 g/mol. The van der Waals surface area contributed by atoms with E-state index in [-0.39, 0.29) is 5.56 Å². The van der Waals surface area contributed by atoms with Gasteiger partial charge in [0.2, 0.25) is 10.0 Å². The molecule has 11 heteroatoms. The Bertz CT molecular complexity index is 914. The maximum atomic E-state index is 13.6. The molecule has 0 fully saturated rings. The Morgan fingerprint density at radius 3 is 2.24 bits per heavy atom. The second kappa shape index (κ2) is 6.85. The van der Waals surface area contributed by atoms with Crippen LogP contribution in [0.3, 0.4) is 0 Å². The SMILES string of the molecule is O=S(=O)(NCc1ccc(Cl)c(C(F)(F)F)c1)c1ccc(F)c(F)c1F. The Hall–Kier alpha value is -1.78. The van der Waals surface area contributed by atoms with E-state index in [1.807, 2.05) is 4.72 Å². The highest BCUT2D eigenvalue weighted by Gasteiger charge is 2.33. The average Bonchev–Trinajstić information content (AvgIpc) is 2.50. The van der Waals surface area contributed by atoms with E-state index < -0.39 is 55.7 Å². The highest BCUT2D eigenvalue weighted by molar-refractivity contribution is 7.89. The molecule has 2 aromatic rings. The molecule has 2 rings (SSSR count). The number of alkyl halides is 3. The van der Waals surface area contributed by atoms with Gasteiger partial charge in [0.1, 0.15) is 4.90 Å². The van der Waals surface area contributed by atoms with Crippen molar-refractivity contribution in [3.05, 3.63) is 63.9 Å². The lowest BCUT2D eigenvalue weighted by Crippen LogP contribution is -2.25. The molecule has 0 radical (unpaired) electrons. The first-order valence-electron chi connectivity index (χ1n) is 6.42. The largest absolute Gasteiger partial charge is 0.417 e. The normalized spacial score (nSPS) is 12.4. The zero-order chi connectivity index (χ0) is 19.0. The van der Waals surface area contributed by atoms with E-state index in [1.54, 1.807) is 0 Å². The van der Waals surface area contributed by atoms with Crippen LogP contribution in [0.1, 0.15) is 11.1 Å². The van der Waals surface area contributed by atoms with Crippen molar-refractivity contribution in [1.29, 1.82) is 0 Å². The summed E-state index contributed by atoms with van der Waals surface area (Å²) in [5.41, 5.74) is -1.30. The van der Waals surface area contributed by atoms with Gasteiger partial charge in [-0.15, -0.1) is 0 Å². The van der Waals surface area contributed by atoms with E-state index in [1.165, 1.54) is 0 Å². The summed E-state index contributed by atoms with van der Waals surface area (Å²) >= 11 is 5.43. The molecule has 0 saturated heterocycles. The fourth-order valence-corrected chi connectivity index (χ4v) is 3.18. The van der Waals surface area contributed by atoms with Crippen molar-refractivity contribution in [2.75, 3.05) is 0 Å². The van der Waals surface area contributed by atoms with Crippen molar-refractivity contribution in [2.45, 2.75) is 17.6 Å². The zero-order valence-electron chi connectivity index (χ0n) is 12.0. The minimum Gasteiger partial charge on any atom is -0.207 e. The number of hydrogen-bond donors (Lipinski definition) is 1. The smallest absolute Gasteiger partial charge is 0.207 e. The lowest BCUT2D eigenvalue weighted by molar-refractivity contribution is -0.137. The number of nitrogens with one attached hydrogen (secondary N) is 1. The topological polar surface area (TPSA) is 46.2 Å². The predicted octanol–water partition coefficient (Wildman–Crippen LogP) is 4.25. The van der Waals surface area contributed by atoms with Crippen molar-refractivity contribution in [3.8, 4) is 0 Å². The third kappa shape index (κ3) is 4.25. The van der Waals surface area contributed by atoms with Crippen LogP contribution in [0.2, 0.25) is 5.02 Å². The minimum atomic E-state index is -4.75. The molecule has 0 aliphatic heterocycles. The Morgan fingerprint density at radius 2 is 1.64 bits per heavy atom. The quantitative estimate of drug-likeness (QED) is 0.612. The molecule has 1 N–H and O–H groups in total. The molecule has 0 amide bonds. The molecule has 0 spiro atoms. The van der Waals surface area contributed by atoms with Crippen molar-refractivity contribution in [2.24, 2.45) is 0 Å². The molecule has 0 aromatic heterocycles.